The second kappa shape index (κ2) is 6.33. The highest BCUT2D eigenvalue weighted by atomic mass is 19.4. The Hall–Kier alpha value is -0.290. The molecule has 2 N–H and O–H groups in total. The van der Waals surface area contributed by atoms with Crippen LogP contribution in [0, 0.1) is 5.92 Å². The van der Waals surface area contributed by atoms with E-state index in [9.17, 15) is 13.2 Å². The lowest BCUT2D eigenvalue weighted by molar-refractivity contribution is -0.135. The van der Waals surface area contributed by atoms with Crippen LogP contribution in [0.3, 0.4) is 0 Å². The topological polar surface area (TPSA) is 24.1 Å². The Kier molecular flexibility index (Phi) is 5.39. The maximum atomic E-state index is 11.7. The summed E-state index contributed by atoms with van der Waals surface area (Å²) in [7, 11) is 0. The van der Waals surface area contributed by atoms with Gasteiger partial charge < -0.3 is 10.6 Å². The Bertz CT molecular complexity index is 167. The highest BCUT2D eigenvalue weighted by Gasteiger charge is 2.25. The van der Waals surface area contributed by atoms with Crippen LogP contribution in [0.15, 0.2) is 0 Å². The van der Waals surface area contributed by atoms with Gasteiger partial charge in [-0.25, -0.2) is 0 Å². The van der Waals surface area contributed by atoms with Gasteiger partial charge in [-0.15, -0.1) is 0 Å². The number of alkyl halides is 3. The lowest BCUT2D eigenvalue weighted by atomic mass is 10.3. The standard InChI is InChI=1S/C10H19F3N2/c11-10(12,13)4-1-5-14-6-7-15-8-9-2-3-9/h9,14-15H,1-8H2. The zero-order valence-electron chi connectivity index (χ0n) is 8.87. The van der Waals surface area contributed by atoms with Crippen LogP contribution in [0.4, 0.5) is 13.2 Å². The fraction of sp³-hybridized carbons (Fsp3) is 1.00. The normalized spacial score (nSPS) is 17.0. The van der Waals surface area contributed by atoms with Crippen LogP contribution in [0.2, 0.25) is 0 Å². The van der Waals surface area contributed by atoms with Crippen molar-refractivity contribution in [1.29, 1.82) is 0 Å². The van der Waals surface area contributed by atoms with E-state index in [1.165, 1.54) is 12.8 Å². The molecule has 5 heteroatoms. The third kappa shape index (κ3) is 8.69. The Morgan fingerprint density at radius 3 is 2.27 bits per heavy atom. The van der Waals surface area contributed by atoms with Crippen molar-refractivity contribution in [1.82, 2.24) is 10.6 Å². The Morgan fingerprint density at radius 2 is 1.67 bits per heavy atom. The molecule has 2 nitrogen and oxygen atoms in total. The van der Waals surface area contributed by atoms with E-state index in [-0.39, 0.29) is 6.42 Å². The third-order valence-corrected chi connectivity index (χ3v) is 2.42. The number of nitrogens with one attached hydrogen (secondary N) is 2. The molecule has 90 valence electrons. The molecule has 1 saturated carbocycles. The SMILES string of the molecule is FC(F)(F)CCCNCCNCC1CC1. The van der Waals surface area contributed by atoms with Gasteiger partial charge in [-0.3, -0.25) is 0 Å². The highest BCUT2D eigenvalue weighted by molar-refractivity contribution is 4.75. The number of rotatable bonds is 8. The predicted molar refractivity (Wildman–Crippen MR) is 53.8 cm³/mol. The third-order valence-electron chi connectivity index (χ3n) is 2.42. The van der Waals surface area contributed by atoms with Gasteiger partial charge in [0.1, 0.15) is 0 Å². The monoisotopic (exact) mass is 224 g/mol. The molecule has 0 amide bonds. The van der Waals surface area contributed by atoms with Crippen molar-refractivity contribution in [3.05, 3.63) is 0 Å². The molecule has 0 heterocycles. The maximum Gasteiger partial charge on any atom is 0.389 e. The first-order valence-electron chi connectivity index (χ1n) is 5.56. The predicted octanol–water partition coefficient (Wildman–Crippen LogP) is 1.92. The molecule has 0 aliphatic heterocycles. The van der Waals surface area contributed by atoms with Crippen LogP contribution < -0.4 is 10.6 Å². The van der Waals surface area contributed by atoms with E-state index in [0.29, 0.717) is 6.54 Å². The average molecular weight is 224 g/mol. The Labute approximate surface area is 88.6 Å². The Morgan fingerprint density at radius 1 is 1.00 bits per heavy atom. The summed E-state index contributed by atoms with van der Waals surface area (Å²) in [5.41, 5.74) is 0. The summed E-state index contributed by atoms with van der Waals surface area (Å²) in [6.45, 7) is 3.11. The van der Waals surface area contributed by atoms with Crippen molar-refractivity contribution in [2.45, 2.75) is 31.9 Å². The van der Waals surface area contributed by atoms with Crippen molar-refractivity contribution in [3.63, 3.8) is 0 Å². The van der Waals surface area contributed by atoms with E-state index in [2.05, 4.69) is 10.6 Å². The van der Waals surface area contributed by atoms with Crippen molar-refractivity contribution < 1.29 is 13.2 Å². The lowest BCUT2D eigenvalue weighted by Gasteiger charge is -2.07. The molecule has 0 aromatic heterocycles. The van der Waals surface area contributed by atoms with E-state index in [0.717, 1.165) is 25.6 Å². The summed E-state index contributed by atoms with van der Waals surface area (Å²) in [5.74, 6) is 0.857. The van der Waals surface area contributed by atoms with Crippen molar-refractivity contribution >= 4 is 0 Å². The van der Waals surface area contributed by atoms with E-state index < -0.39 is 12.6 Å². The second-order valence-electron chi connectivity index (χ2n) is 4.12. The molecule has 0 unspecified atom stereocenters. The quantitative estimate of drug-likeness (QED) is 0.615. The van der Waals surface area contributed by atoms with Gasteiger partial charge in [-0.05, 0) is 38.3 Å². The van der Waals surface area contributed by atoms with Crippen LogP contribution >= 0.6 is 0 Å². The van der Waals surface area contributed by atoms with Gasteiger partial charge in [0.25, 0.3) is 0 Å². The van der Waals surface area contributed by atoms with Crippen LogP contribution in [-0.4, -0.2) is 32.4 Å². The highest BCUT2D eigenvalue weighted by Crippen LogP contribution is 2.27. The molecule has 0 atom stereocenters. The van der Waals surface area contributed by atoms with Gasteiger partial charge >= 0.3 is 6.18 Å². The zero-order valence-corrected chi connectivity index (χ0v) is 8.87. The minimum absolute atomic E-state index is 0.173. The first kappa shape index (κ1) is 12.8. The minimum atomic E-state index is -4.01. The summed E-state index contributed by atoms with van der Waals surface area (Å²) in [6, 6.07) is 0. The molecule has 1 aliphatic rings. The molecule has 0 spiro atoms. The van der Waals surface area contributed by atoms with Crippen molar-refractivity contribution in [3.8, 4) is 0 Å². The molecule has 1 aliphatic carbocycles. The van der Waals surface area contributed by atoms with E-state index in [4.69, 9.17) is 0 Å². The molecular weight excluding hydrogens is 205 g/mol. The zero-order chi connectivity index (χ0) is 11.1. The first-order valence-corrected chi connectivity index (χ1v) is 5.56. The fourth-order valence-corrected chi connectivity index (χ4v) is 1.34. The average Bonchev–Trinajstić information content (AvgIpc) is 2.91. The van der Waals surface area contributed by atoms with Crippen molar-refractivity contribution in [2.75, 3.05) is 26.2 Å². The summed E-state index contributed by atoms with van der Waals surface area (Å²) < 4.78 is 35.2. The smallest absolute Gasteiger partial charge is 0.315 e. The van der Waals surface area contributed by atoms with Crippen molar-refractivity contribution in [2.24, 2.45) is 5.92 Å². The molecule has 0 radical (unpaired) electrons. The summed E-state index contributed by atoms with van der Waals surface area (Å²) in [6.07, 6.45) is -1.87. The van der Waals surface area contributed by atoms with Gasteiger partial charge in [0.05, 0.1) is 0 Å². The molecule has 15 heavy (non-hydrogen) atoms. The van der Waals surface area contributed by atoms with E-state index >= 15 is 0 Å². The molecule has 0 aromatic carbocycles. The van der Waals surface area contributed by atoms with Gasteiger partial charge in [-0.2, -0.15) is 13.2 Å². The van der Waals surface area contributed by atoms with Crippen LogP contribution in [0.25, 0.3) is 0 Å². The van der Waals surface area contributed by atoms with Crippen LogP contribution in [-0.2, 0) is 0 Å². The van der Waals surface area contributed by atoms with Gasteiger partial charge in [-0.1, -0.05) is 0 Å². The van der Waals surface area contributed by atoms with Gasteiger partial charge in [0, 0.05) is 19.5 Å². The summed E-state index contributed by atoms with van der Waals surface area (Å²) in [5, 5.41) is 6.26. The molecule has 0 aromatic rings. The molecule has 0 saturated heterocycles. The fourth-order valence-electron chi connectivity index (χ4n) is 1.34. The first-order chi connectivity index (χ1) is 7.08. The molecular formula is C10H19F3N2. The Balaban J connectivity index is 1.72. The van der Waals surface area contributed by atoms with E-state index in [1.54, 1.807) is 0 Å². The molecule has 0 bridgehead atoms. The number of halogens is 3. The maximum absolute atomic E-state index is 11.7. The number of hydrogen-bond acceptors (Lipinski definition) is 2. The van der Waals surface area contributed by atoms with Crippen LogP contribution in [0.5, 0.6) is 0 Å². The lowest BCUT2D eigenvalue weighted by Crippen LogP contribution is -2.29. The number of hydrogen-bond donors (Lipinski definition) is 2. The summed E-state index contributed by atoms with van der Waals surface area (Å²) >= 11 is 0. The largest absolute Gasteiger partial charge is 0.389 e. The van der Waals surface area contributed by atoms with Gasteiger partial charge in [0.2, 0.25) is 0 Å². The second-order valence-corrected chi connectivity index (χ2v) is 4.12. The molecule has 1 fully saturated rings. The van der Waals surface area contributed by atoms with Gasteiger partial charge in [0.15, 0.2) is 0 Å². The van der Waals surface area contributed by atoms with Crippen LogP contribution in [0.1, 0.15) is 25.7 Å². The summed E-state index contributed by atoms with van der Waals surface area (Å²) in [4.78, 5) is 0. The minimum Gasteiger partial charge on any atom is -0.315 e. The molecule has 1 rings (SSSR count). The van der Waals surface area contributed by atoms with E-state index in [1.807, 2.05) is 0 Å².